The molecule has 0 bridgehead atoms. The summed E-state index contributed by atoms with van der Waals surface area (Å²) in [5, 5.41) is 12.7. The predicted octanol–water partition coefficient (Wildman–Crippen LogP) is 3.92. The van der Waals surface area contributed by atoms with Gasteiger partial charge in [0.1, 0.15) is 17.5 Å². The van der Waals surface area contributed by atoms with Crippen LogP contribution in [0.25, 0.3) is 17.0 Å². The lowest BCUT2D eigenvalue weighted by atomic mass is 10.1. The van der Waals surface area contributed by atoms with Crippen molar-refractivity contribution in [3.05, 3.63) is 77.7 Å². The average molecular weight is 317 g/mol. The number of hydrogen-bond acceptors (Lipinski definition) is 3. The molecule has 3 aromatic rings. The van der Waals surface area contributed by atoms with Crippen molar-refractivity contribution in [1.29, 1.82) is 5.26 Å². The van der Waals surface area contributed by atoms with E-state index in [-0.39, 0.29) is 11.4 Å². The lowest BCUT2D eigenvalue weighted by Gasteiger charge is -2.07. The van der Waals surface area contributed by atoms with Gasteiger partial charge in [0.05, 0.1) is 11.2 Å². The fourth-order valence-electron chi connectivity index (χ4n) is 2.28. The third-order valence-electron chi connectivity index (χ3n) is 3.44. The quantitative estimate of drug-likeness (QED) is 0.588. The molecule has 2 aromatic carbocycles. The van der Waals surface area contributed by atoms with Crippen LogP contribution < -0.4 is 5.32 Å². The molecule has 1 amide bonds. The fraction of sp³-hybridized carbons (Fsp3) is 0. The van der Waals surface area contributed by atoms with Gasteiger partial charge in [-0.15, -0.1) is 0 Å². The number of nitrogens with one attached hydrogen (secondary N) is 1. The van der Waals surface area contributed by atoms with E-state index in [2.05, 4.69) is 10.3 Å². The Morgan fingerprint density at radius 3 is 2.67 bits per heavy atom. The third kappa shape index (κ3) is 3.28. The highest BCUT2D eigenvalue weighted by Crippen LogP contribution is 2.22. The summed E-state index contributed by atoms with van der Waals surface area (Å²) in [6.07, 6.45) is 3.08. The summed E-state index contributed by atoms with van der Waals surface area (Å²) in [5.41, 5.74) is 1.83. The number of carbonyl (C=O) groups excluding carboxylic acids is 1. The Labute approximate surface area is 137 Å². The molecule has 1 N–H and O–H groups in total. The van der Waals surface area contributed by atoms with E-state index in [1.165, 1.54) is 30.3 Å². The van der Waals surface area contributed by atoms with Gasteiger partial charge in [-0.25, -0.2) is 4.39 Å². The molecule has 0 fully saturated rings. The van der Waals surface area contributed by atoms with Crippen molar-refractivity contribution in [2.75, 3.05) is 5.32 Å². The molecule has 116 valence electrons. The van der Waals surface area contributed by atoms with Gasteiger partial charge in [-0.3, -0.25) is 9.78 Å². The van der Waals surface area contributed by atoms with Gasteiger partial charge in [-0.1, -0.05) is 18.2 Å². The zero-order valence-corrected chi connectivity index (χ0v) is 12.5. The number of carbonyl (C=O) groups is 1. The van der Waals surface area contributed by atoms with Gasteiger partial charge in [-0.05, 0) is 48.0 Å². The number of amides is 1. The zero-order valence-electron chi connectivity index (χ0n) is 12.5. The summed E-state index contributed by atoms with van der Waals surface area (Å²) >= 11 is 0. The number of rotatable bonds is 3. The molecular weight excluding hydrogens is 305 g/mol. The topological polar surface area (TPSA) is 65.8 Å². The van der Waals surface area contributed by atoms with Gasteiger partial charge in [0.25, 0.3) is 5.91 Å². The van der Waals surface area contributed by atoms with Crippen molar-refractivity contribution >= 4 is 28.6 Å². The Morgan fingerprint density at radius 2 is 1.92 bits per heavy atom. The molecule has 0 unspecified atom stereocenters. The number of benzene rings is 2. The van der Waals surface area contributed by atoms with Crippen molar-refractivity contribution in [3.8, 4) is 6.07 Å². The maximum Gasteiger partial charge on any atom is 0.266 e. The van der Waals surface area contributed by atoms with Crippen LogP contribution in [0.5, 0.6) is 0 Å². The maximum atomic E-state index is 12.9. The van der Waals surface area contributed by atoms with E-state index in [9.17, 15) is 14.4 Å². The Kier molecular flexibility index (Phi) is 4.30. The summed E-state index contributed by atoms with van der Waals surface area (Å²) in [7, 11) is 0. The molecule has 0 saturated carbocycles. The van der Waals surface area contributed by atoms with E-state index in [1.54, 1.807) is 24.4 Å². The van der Waals surface area contributed by atoms with E-state index in [0.717, 1.165) is 10.9 Å². The Hall–Kier alpha value is -3.52. The number of fused-ring (bicyclic) bond motifs is 1. The first-order valence-corrected chi connectivity index (χ1v) is 7.20. The molecule has 0 aliphatic rings. The highest BCUT2D eigenvalue weighted by atomic mass is 19.1. The van der Waals surface area contributed by atoms with Crippen LogP contribution >= 0.6 is 0 Å². The van der Waals surface area contributed by atoms with Crippen LogP contribution in [0.3, 0.4) is 0 Å². The molecule has 1 heterocycles. The van der Waals surface area contributed by atoms with E-state index >= 15 is 0 Å². The van der Waals surface area contributed by atoms with E-state index in [1.807, 2.05) is 18.2 Å². The molecule has 0 aliphatic carbocycles. The summed E-state index contributed by atoms with van der Waals surface area (Å²) in [6, 6.07) is 16.4. The van der Waals surface area contributed by atoms with Crippen LogP contribution in [0.4, 0.5) is 10.1 Å². The van der Waals surface area contributed by atoms with E-state index < -0.39 is 5.91 Å². The zero-order chi connectivity index (χ0) is 16.9. The van der Waals surface area contributed by atoms with Gasteiger partial charge in [-0.2, -0.15) is 5.26 Å². The minimum absolute atomic E-state index is 0.0671. The van der Waals surface area contributed by atoms with Crippen molar-refractivity contribution in [2.45, 2.75) is 0 Å². The van der Waals surface area contributed by atoms with Gasteiger partial charge in [0, 0.05) is 11.6 Å². The number of aromatic nitrogens is 1. The summed E-state index contributed by atoms with van der Waals surface area (Å²) < 4.78 is 12.9. The number of nitriles is 1. The van der Waals surface area contributed by atoms with Crippen molar-refractivity contribution in [3.63, 3.8) is 0 Å². The Bertz CT molecular complexity index is 967. The van der Waals surface area contributed by atoms with Gasteiger partial charge in [0.15, 0.2) is 0 Å². The molecule has 0 radical (unpaired) electrons. The molecular formula is C19H12FN3O. The van der Waals surface area contributed by atoms with Crippen LogP contribution in [0.15, 0.2) is 66.4 Å². The van der Waals surface area contributed by atoms with Gasteiger partial charge < -0.3 is 5.32 Å². The smallest absolute Gasteiger partial charge is 0.266 e. The van der Waals surface area contributed by atoms with E-state index in [0.29, 0.717) is 11.3 Å². The SMILES string of the molecule is N#C/C(=C/c1ccc(F)cc1)C(=O)Nc1cccc2ncccc12. The lowest BCUT2D eigenvalue weighted by molar-refractivity contribution is -0.112. The second-order valence-corrected chi connectivity index (χ2v) is 5.05. The first kappa shape index (κ1) is 15.4. The monoisotopic (exact) mass is 317 g/mol. The molecule has 4 nitrogen and oxygen atoms in total. The largest absolute Gasteiger partial charge is 0.321 e. The minimum Gasteiger partial charge on any atom is -0.321 e. The second kappa shape index (κ2) is 6.71. The fourth-order valence-corrected chi connectivity index (χ4v) is 2.28. The molecule has 0 atom stereocenters. The Balaban J connectivity index is 1.89. The number of hydrogen-bond donors (Lipinski definition) is 1. The summed E-state index contributed by atoms with van der Waals surface area (Å²) in [6.45, 7) is 0. The highest BCUT2D eigenvalue weighted by molar-refractivity contribution is 6.12. The molecule has 1 aromatic heterocycles. The number of pyridine rings is 1. The number of anilines is 1. The molecule has 24 heavy (non-hydrogen) atoms. The first-order valence-electron chi connectivity index (χ1n) is 7.20. The van der Waals surface area contributed by atoms with E-state index in [4.69, 9.17) is 0 Å². The second-order valence-electron chi connectivity index (χ2n) is 5.05. The van der Waals surface area contributed by atoms with Crippen LogP contribution in [-0.2, 0) is 4.79 Å². The molecule has 5 heteroatoms. The van der Waals surface area contributed by atoms with Crippen molar-refractivity contribution < 1.29 is 9.18 Å². The molecule has 3 rings (SSSR count). The van der Waals surface area contributed by atoms with Crippen LogP contribution in [-0.4, -0.2) is 10.9 Å². The van der Waals surface area contributed by atoms with Gasteiger partial charge in [0.2, 0.25) is 0 Å². The van der Waals surface area contributed by atoms with Crippen molar-refractivity contribution in [1.82, 2.24) is 4.98 Å². The van der Waals surface area contributed by atoms with Crippen LogP contribution in [0, 0.1) is 17.1 Å². The highest BCUT2D eigenvalue weighted by Gasteiger charge is 2.11. The number of nitrogens with zero attached hydrogens (tertiary/aromatic N) is 2. The van der Waals surface area contributed by atoms with Crippen LogP contribution in [0.1, 0.15) is 5.56 Å². The van der Waals surface area contributed by atoms with Crippen LogP contribution in [0.2, 0.25) is 0 Å². The lowest BCUT2D eigenvalue weighted by Crippen LogP contribution is -2.13. The Morgan fingerprint density at radius 1 is 1.12 bits per heavy atom. The summed E-state index contributed by atoms with van der Waals surface area (Å²) in [4.78, 5) is 16.6. The summed E-state index contributed by atoms with van der Waals surface area (Å²) in [5.74, 6) is -0.906. The standard InChI is InChI=1S/C19H12FN3O/c20-15-8-6-13(7-9-15)11-14(12-21)19(24)23-18-5-1-4-17-16(18)3-2-10-22-17/h1-11H,(H,23,24)/b14-11-. The predicted molar refractivity (Wildman–Crippen MR) is 90.4 cm³/mol. The average Bonchev–Trinajstić information content (AvgIpc) is 2.61. The van der Waals surface area contributed by atoms with Crippen molar-refractivity contribution in [2.24, 2.45) is 0 Å². The molecule has 0 saturated heterocycles. The number of halogens is 1. The molecule has 0 aliphatic heterocycles. The maximum absolute atomic E-state index is 12.9. The first-order chi connectivity index (χ1) is 11.7. The minimum atomic E-state index is -0.529. The van der Waals surface area contributed by atoms with Gasteiger partial charge >= 0.3 is 0 Å². The third-order valence-corrected chi connectivity index (χ3v) is 3.44. The normalized spacial score (nSPS) is 11.1. The molecule has 0 spiro atoms.